The van der Waals surface area contributed by atoms with E-state index in [4.69, 9.17) is 0 Å². The summed E-state index contributed by atoms with van der Waals surface area (Å²) in [5, 5.41) is 0.609. The second-order valence-corrected chi connectivity index (χ2v) is 9.28. The summed E-state index contributed by atoms with van der Waals surface area (Å²) in [6.07, 6.45) is 6.11. The minimum absolute atomic E-state index is 0.184. The van der Waals surface area contributed by atoms with Crippen molar-refractivity contribution in [1.82, 2.24) is 4.31 Å². The van der Waals surface area contributed by atoms with E-state index in [0.717, 1.165) is 25.7 Å². The van der Waals surface area contributed by atoms with Crippen LogP contribution in [0.1, 0.15) is 25.7 Å². The Morgan fingerprint density at radius 1 is 1.20 bits per heavy atom. The van der Waals surface area contributed by atoms with Crippen molar-refractivity contribution >= 4 is 37.7 Å². The van der Waals surface area contributed by atoms with Crippen molar-refractivity contribution in [2.75, 3.05) is 6.26 Å². The van der Waals surface area contributed by atoms with E-state index >= 15 is 0 Å². The van der Waals surface area contributed by atoms with Crippen molar-refractivity contribution in [1.29, 1.82) is 0 Å². The number of hydrogen-bond acceptors (Lipinski definition) is 3. The van der Waals surface area contributed by atoms with Crippen LogP contribution in [0.3, 0.4) is 0 Å². The predicted octanol–water partition coefficient (Wildman–Crippen LogP) is 3.50. The fraction of sp³-hybridized carbons (Fsp3) is 0.571. The van der Waals surface area contributed by atoms with E-state index in [-0.39, 0.29) is 12.1 Å². The first-order valence-corrected chi connectivity index (χ1v) is 10.4. The van der Waals surface area contributed by atoms with Gasteiger partial charge in [-0.2, -0.15) is 16.1 Å². The molecule has 2 fully saturated rings. The van der Waals surface area contributed by atoms with Crippen LogP contribution >= 0.6 is 27.7 Å². The molecule has 6 heteroatoms. The van der Waals surface area contributed by atoms with E-state index in [1.807, 2.05) is 17.8 Å². The van der Waals surface area contributed by atoms with Crippen molar-refractivity contribution in [3.63, 3.8) is 0 Å². The summed E-state index contributed by atoms with van der Waals surface area (Å²) >= 11 is 5.25. The molecule has 110 valence electrons. The first-order chi connectivity index (χ1) is 9.54. The molecule has 0 spiro atoms. The summed E-state index contributed by atoms with van der Waals surface area (Å²) in [4.78, 5) is 0.402. The minimum Gasteiger partial charge on any atom is -0.207 e. The summed E-state index contributed by atoms with van der Waals surface area (Å²) in [6.45, 7) is 0. The highest BCUT2D eigenvalue weighted by Gasteiger charge is 2.47. The monoisotopic (exact) mass is 375 g/mol. The van der Waals surface area contributed by atoms with Crippen LogP contribution < -0.4 is 0 Å². The van der Waals surface area contributed by atoms with Crippen molar-refractivity contribution in [3.8, 4) is 0 Å². The number of halogens is 1. The zero-order valence-electron chi connectivity index (χ0n) is 11.3. The summed E-state index contributed by atoms with van der Waals surface area (Å²) < 4.78 is 28.4. The molecular formula is C14H18BrNO2S2. The van der Waals surface area contributed by atoms with E-state index in [9.17, 15) is 8.42 Å². The zero-order valence-corrected chi connectivity index (χ0v) is 14.5. The Labute approximate surface area is 133 Å². The van der Waals surface area contributed by atoms with Gasteiger partial charge in [-0.1, -0.05) is 12.1 Å². The standard InChI is InChI=1S/C14H18BrNO2S2/c1-19-12-8-10-6-7-11(9-12)16(10)20(17,18)14-5-3-2-4-13(14)15/h2-5,10-12H,6-9H2,1H3. The van der Waals surface area contributed by atoms with Crippen LogP contribution in [-0.4, -0.2) is 36.3 Å². The van der Waals surface area contributed by atoms with Crippen molar-refractivity contribution in [3.05, 3.63) is 28.7 Å². The quantitative estimate of drug-likeness (QED) is 0.811. The van der Waals surface area contributed by atoms with Gasteiger partial charge in [-0.3, -0.25) is 0 Å². The first kappa shape index (κ1) is 14.9. The van der Waals surface area contributed by atoms with Gasteiger partial charge in [0.15, 0.2) is 0 Å². The highest BCUT2D eigenvalue weighted by molar-refractivity contribution is 9.10. The van der Waals surface area contributed by atoms with Crippen LogP contribution in [0.15, 0.2) is 33.6 Å². The molecule has 0 amide bonds. The molecule has 2 atom stereocenters. The molecular weight excluding hydrogens is 358 g/mol. The minimum atomic E-state index is -3.38. The van der Waals surface area contributed by atoms with E-state index < -0.39 is 10.0 Å². The van der Waals surface area contributed by atoms with Crippen LogP contribution in [0, 0.1) is 0 Å². The number of benzene rings is 1. The summed E-state index contributed by atoms with van der Waals surface area (Å²) in [6, 6.07) is 7.49. The Kier molecular flexibility index (Phi) is 4.19. The predicted molar refractivity (Wildman–Crippen MR) is 86.5 cm³/mol. The third-order valence-corrected chi connectivity index (χ3v) is 8.42. The Balaban J connectivity index is 1.96. The highest BCUT2D eigenvalue weighted by atomic mass is 79.9. The van der Waals surface area contributed by atoms with E-state index in [0.29, 0.717) is 14.6 Å². The molecule has 20 heavy (non-hydrogen) atoms. The van der Waals surface area contributed by atoms with Crippen molar-refractivity contribution in [2.45, 2.75) is 47.9 Å². The average Bonchev–Trinajstić information content (AvgIpc) is 2.71. The lowest BCUT2D eigenvalue weighted by atomic mass is 10.1. The molecule has 1 aromatic carbocycles. The summed E-state index contributed by atoms with van der Waals surface area (Å²) in [5.74, 6) is 0. The maximum atomic E-state index is 13.0. The molecule has 0 aromatic heterocycles. The van der Waals surface area contributed by atoms with Gasteiger partial charge >= 0.3 is 0 Å². The van der Waals surface area contributed by atoms with E-state index in [1.165, 1.54) is 0 Å². The van der Waals surface area contributed by atoms with Crippen molar-refractivity contribution < 1.29 is 8.42 Å². The maximum Gasteiger partial charge on any atom is 0.244 e. The van der Waals surface area contributed by atoms with Crippen LogP contribution in [0.2, 0.25) is 0 Å². The Bertz CT molecular complexity index is 591. The van der Waals surface area contributed by atoms with Crippen LogP contribution in [0.4, 0.5) is 0 Å². The molecule has 0 radical (unpaired) electrons. The smallest absolute Gasteiger partial charge is 0.207 e. The lowest BCUT2D eigenvalue weighted by molar-refractivity contribution is 0.253. The first-order valence-electron chi connectivity index (χ1n) is 6.85. The lowest BCUT2D eigenvalue weighted by Gasteiger charge is -2.37. The number of rotatable bonds is 3. The van der Waals surface area contributed by atoms with Crippen molar-refractivity contribution in [2.24, 2.45) is 0 Å². The van der Waals surface area contributed by atoms with Gasteiger partial charge in [-0.05, 0) is 60.0 Å². The second kappa shape index (κ2) is 5.63. The van der Waals surface area contributed by atoms with Gasteiger partial charge < -0.3 is 0 Å². The van der Waals surface area contributed by atoms with E-state index in [1.54, 1.807) is 22.5 Å². The van der Waals surface area contributed by atoms with Gasteiger partial charge in [0.2, 0.25) is 10.0 Å². The van der Waals surface area contributed by atoms with Gasteiger partial charge in [0.25, 0.3) is 0 Å². The molecule has 2 bridgehead atoms. The molecule has 2 saturated heterocycles. The average molecular weight is 376 g/mol. The SMILES string of the molecule is CSC1CC2CCC(C1)N2S(=O)(=O)c1ccccc1Br. The lowest BCUT2D eigenvalue weighted by Crippen LogP contribution is -2.47. The van der Waals surface area contributed by atoms with Crippen LogP contribution in [0.5, 0.6) is 0 Å². The number of thioether (sulfide) groups is 1. The number of hydrogen-bond donors (Lipinski definition) is 0. The van der Waals surface area contributed by atoms with Gasteiger partial charge in [0, 0.05) is 21.8 Å². The number of nitrogens with zero attached hydrogens (tertiary/aromatic N) is 1. The molecule has 2 aliphatic heterocycles. The Morgan fingerprint density at radius 3 is 2.35 bits per heavy atom. The molecule has 3 rings (SSSR count). The summed E-state index contributed by atoms with van der Waals surface area (Å²) in [5.41, 5.74) is 0. The van der Waals surface area contributed by atoms with Gasteiger partial charge in [-0.15, -0.1) is 0 Å². The van der Waals surface area contributed by atoms with Gasteiger partial charge in [-0.25, -0.2) is 8.42 Å². The van der Waals surface area contributed by atoms with Crippen LogP contribution in [0.25, 0.3) is 0 Å². The molecule has 3 nitrogen and oxygen atoms in total. The third-order valence-electron chi connectivity index (χ3n) is 4.35. The molecule has 2 heterocycles. The third kappa shape index (κ3) is 2.45. The second-order valence-electron chi connectivity index (χ2n) is 5.48. The van der Waals surface area contributed by atoms with E-state index in [2.05, 4.69) is 22.2 Å². The molecule has 0 N–H and O–H groups in total. The van der Waals surface area contributed by atoms with Gasteiger partial charge in [0.1, 0.15) is 0 Å². The molecule has 2 unspecified atom stereocenters. The number of piperidine rings is 1. The van der Waals surface area contributed by atoms with Gasteiger partial charge in [0.05, 0.1) is 4.90 Å². The molecule has 0 aliphatic carbocycles. The molecule has 2 aliphatic rings. The maximum absolute atomic E-state index is 13.0. The normalized spacial score (nSPS) is 30.6. The number of sulfonamides is 1. The molecule has 0 saturated carbocycles. The van der Waals surface area contributed by atoms with Crippen LogP contribution in [-0.2, 0) is 10.0 Å². The number of fused-ring (bicyclic) bond motifs is 2. The Morgan fingerprint density at radius 2 is 1.80 bits per heavy atom. The largest absolute Gasteiger partial charge is 0.244 e. The fourth-order valence-electron chi connectivity index (χ4n) is 3.44. The highest BCUT2D eigenvalue weighted by Crippen LogP contribution is 2.43. The molecule has 1 aromatic rings. The topological polar surface area (TPSA) is 37.4 Å². The zero-order chi connectivity index (χ0) is 14.3. The summed E-state index contributed by atoms with van der Waals surface area (Å²) in [7, 11) is -3.38. The Hall–Kier alpha value is -0.0400. The fourth-order valence-corrected chi connectivity index (χ4v) is 7.12.